The lowest BCUT2D eigenvalue weighted by atomic mass is 10.1. The zero-order chi connectivity index (χ0) is 17.8. The number of hydrogen-bond donors (Lipinski definition) is 2. The minimum Gasteiger partial charge on any atom is -0.506 e. The summed E-state index contributed by atoms with van der Waals surface area (Å²) in [5, 5.41) is 11.4. The van der Waals surface area contributed by atoms with Crippen LogP contribution in [0.2, 0.25) is 5.02 Å². The van der Waals surface area contributed by atoms with E-state index < -0.39 is 0 Å². The topological polar surface area (TPSA) is 71.9 Å². The van der Waals surface area contributed by atoms with Gasteiger partial charge in [-0.05, 0) is 24.7 Å². The Balaban J connectivity index is 1.66. The Morgan fingerprint density at radius 2 is 2.00 bits per heavy atom. The molecule has 0 radical (unpaired) electrons. The van der Waals surface area contributed by atoms with Crippen LogP contribution in [0.5, 0.6) is 5.75 Å². The van der Waals surface area contributed by atoms with E-state index in [9.17, 15) is 9.90 Å². The number of likely N-dealkylation sites (N-methyl/N-ethyl adjacent to an activating group) is 1. The monoisotopic (exact) mass is 362 g/mol. The Hall–Kier alpha value is -1.89. The first-order valence-electron chi connectivity index (χ1n) is 8.57. The zero-order valence-corrected chi connectivity index (χ0v) is 15.1. The van der Waals surface area contributed by atoms with Crippen molar-refractivity contribution in [1.29, 1.82) is 0 Å². The summed E-state index contributed by atoms with van der Waals surface area (Å²) >= 11 is 5.97. The second kappa shape index (κ2) is 7.99. The second-order valence-corrected chi connectivity index (χ2v) is 6.65. The van der Waals surface area contributed by atoms with Gasteiger partial charge in [0.1, 0.15) is 5.75 Å². The van der Waals surface area contributed by atoms with Crippen LogP contribution >= 0.6 is 11.6 Å². The molecule has 0 aliphatic carbocycles. The smallest absolute Gasteiger partial charge is 0.261 e. The molecule has 2 N–H and O–H groups in total. The van der Waals surface area contributed by atoms with Crippen molar-refractivity contribution in [2.45, 2.75) is 6.92 Å². The first-order valence-corrected chi connectivity index (χ1v) is 8.95. The van der Waals surface area contributed by atoms with Crippen molar-refractivity contribution in [3.63, 3.8) is 0 Å². The number of nitrogens with zero attached hydrogens (tertiary/aromatic N) is 3. The molecule has 1 aliphatic heterocycles. The summed E-state index contributed by atoms with van der Waals surface area (Å²) in [6.45, 7) is 9.00. The number of pyridine rings is 1. The summed E-state index contributed by atoms with van der Waals surface area (Å²) in [5.74, 6) is -0.0819. The van der Waals surface area contributed by atoms with Gasteiger partial charge in [-0.3, -0.25) is 14.7 Å². The molecule has 0 spiro atoms. The first-order chi connectivity index (χ1) is 12.1. The summed E-state index contributed by atoms with van der Waals surface area (Å²) < 4.78 is 0. The molecule has 2 heterocycles. The average Bonchev–Trinajstić information content (AvgIpc) is 2.62. The molecule has 7 heteroatoms. The fourth-order valence-electron chi connectivity index (χ4n) is 3.07. The van der Waals surface area contributed by atoms with Crippen LogP contribution in [0.3, 0.4) is 0 Å². The number of aromatic nitrogens is 1. The molecule has 2 aromatic rings. The molecule has 0 saturated carbocycles. The SMILES string of the molecule is CCN1CCN(CCN=Cc2c(O)c3cc(Cl)ccc3[nH]c2=O)CC1. The Morgan fingerprint density at radius 3 is 2.72 bits per heavy atom. The van der Waals surface area contributed by atoms with Crippen LogP contribution in [0, 0.1) is 0 Å². The van der Waals surface area contributed by atoms with E-state index in [1.165, 1.54) is 6.21 Å². The van der Waals surface area contributed by atoms with Gasteiger partial charge in [-0.25, -0.2) is 0 Å². The largest absolute Gasteiger partial charge is 0.506 e. The highest BCUT2D eigenvalue weighted by Crippen LogP contribution is 2.26. The molecule has 134 valence electrons. The van der Waals surface area contributed by atoms with Gasteiger partial charge < -0.3 is 15.0 Å². The molecule has 0 bridgehead atoms. The van der Waals surface area contributed by atoms with Crippen molar-refractivity contribution >= 4 is 28.7 Å². The summed E-state index contributed by atoms with van der Waals surface area (Å²) in [7, 11) is 0. The number of H-pyrrole nitrogens is 1. The maximum atomic E-state index is 12.1. The minimum atomic E-state index is -0.354. The Bertz CT molecular complexity index is 826. The Kier molecular flexibility index (Phi) is 5.73. The van der Waals surface area contributed by atoms with Crippen LogP contribution in [-0.2, 0) is 0 Å². The molecule has 6 nitrogen and oxygen atoms in total. The van der Waals surface area contributed by atoms with E-state index in [0.29, 0.717) is 22.5 Å². The fourth-order valence-corrected chi connectivity index (χ4v) is 3.24. The van der Waals surface area contributed by atoms with Crippen LogP contribution in [0.4, 0.5) is 0 Å². The van der Waals surface area contributed by atoms with Gasteiger partial charge in [0.2, 0.25) is 0 Å². The molecule has 3 rings (SSSR count). The number of nitrogens with one attached hydrogen (secondary N) is 1. The average molecular weight is 363 g/mol. The molecule has 0 unspecified atom stereocenters. The highest BCUT2D eigenvalue weighted by molar-refractivity contribution is 6.31. The Morgan fingerprint density at radius 1 is 1.28 bits per heavy atom. The molecule has 1 aromatic heterocycles. The van der Waals surface area contributed by atoms with Gasteiger partial charge in [0.25, 0.3) is 5.56 Å². The summed E-state index contributed by atoms with van der Waals surface area (Å²) in [4.78, 5) is 24.0. The van der Waals surface area contributed by atoms with Crippen molar-refractivity contribution in [2.75, 3.05) is 45.8 Å². The van der Waals surface area contributed by atoms with E-state index in [0.717, 1.165) is 39.3 Å². The maximum absolute atomic E-state index is 12.1. The number of aliphatic imine (C=N–C) groups is 1. The van der Waals surface area contributed by atoms with Crippen molar-refractivity contribution in [3.05, 3.63) is 39.1 Å². The molecule has 0 atom stereocenters. The van der Waals surface area contributed by atoms with E-state index in [2.05, 4.69) is 26.7 Å². The molecule has 1 aromatic carbocycles. The van der Waals surface area contributed by atoms with Gasteiger partial charge in [-0.2, -0.15) is 0 Å². The normalized spacial score (nSPS) is 16.9. The van der Waals surface area contributed by atoms with E-state index in [-0.39, 0.29) is 16.9 Å². The van der Waals surface area contributed by atoms with Crippen molar-refractivity contribution in [2.24, 2.45) is 4.99 Å². The van der Waals surface area contributed by atoms with Crippen LogP contribution in [0.1, 0.15) is 12.5 Å². The van der Waals surface area contributed by atoms with Gasteiger partial charge in [0.05, 0.1) is 17.6 Å². The van der Waals surface area contributed by atoms with Gasteiger partial charge in [0.15, 0.2) is 0 Å². The second-order valence-electron chi connectivity index (χ2n) is 6.22. The van der Waals surface area contributed by atoms with E-state index in [4.69, 9.17) is 11.6 Å². The third kappa shape index (κ3) is 4.21. The van der Waals surface area contributed by atoms with Gasteiger partial charge in [0, 0.05) is 49.3 Å². The molecule has 1 fully saturated rings. The quantitative estimate of drug-likeness (QED) is 0.797. The zero-order valence-electron chi connectivity index (χ0n) is 14.3. The molecule has 1 aliphatic rings. The van der Waals surface area contributed by atoms with E-state index in [1.54, 1.807) is 18.2 Å². The van der Waals surface area contributed by atoms with Crippen LogP contribution in [-0.4, -0.2) is 71.9 Å². The highest BCUT2D eigenvalue weighted by Gasteiger charge is 2.14. The standard InChI is InChI=1S/C18H23ClN4O2/c1-2-22-7-9-23(10-8-22)6-5-20-12-15-17(24)14-11-13(19)3-4-16(14)21-18(15)25/h3-4,11-12H,2,5-10H2,1H3,(H2,21,24,25). The van der Waals surface area contributed by atoms with Crippen molar-refractivity contribution < 1.29 is 5.11 Å². The Labute approximate surface area is 151 Å². The lowest BCUT2D eigenvalue weighted by Crippen LogP contribution is -2.46. The number of aromatic amines is 1. The third-order valence-electron chi connectivity index (χ3n) is 4.66. The van der Waals surface area contributed by atoms with Crippen molar-refractivity contribution in [3.8, 4) is 5.75 Å². The molecule has 25 heavy (non-hydrogen) atoms. The van der Waals surface area contributed by atoms with Gasteiger partial charge in [-0.1, -0.05) is 18.5 Å². The molecular weight excluding hydrogens is 340 g/mol. The highest BCUT2D eigenvalue weighted by atomic mass is 35.5. The predicted octanol–water partition coefficient (Wildman–Crippen LogP) is 1.94. The third-order valence-corrected chi connectivity index (χ3v) is 4.90. The van der Waals surface area contributed by atoms with Crippen molar-refractivity contribution in [1.82, 2.24) is 14.8 Å². The predicted molar refractivity (Wildman–Crippen MR) is 102 cm³/mol. The molecular formula is C18H23ClN4O2. The van der Waals surface area contributed by atoms with Gasteiger partial charge >= 0.3 is 0 Å². The lowest BCUT2D eigenvalue weighted by molar-refractivity contribution is 0.140. The van der Waals surface area contributed by atoms with E-state index in [1.807, 2.05) is 0 Å². The maximum Gasteiger partial charge on any atom is 0.261 e. The van der Waals surface area contributed by atoms with Crippen LogP contribution in [0.25, 0.3) is 10.9 Å². The lowest BCUT2D eigenvalue weighted by Gasteiger charge is -2.33. The summed E-state index contributed by atoms with van der Waals surface area (Å²) in [6.07, 6.45) is 1.46. The number of fused-ring (bicyclic) bond motifs is 1. The summed E-state index contributed by atoms with van der Waals surface area (Å²) in [6, 6.07) is 4.98. The number of benzene rings is 1. The van der Waals surface area contributed by atoms with Crippen LogP contribution in [0.15, 0.2) is 28.0 Å². The molecule has 1 saturated heterocycles. The summed E-state index contributed by atoms with van der Waals surface area (Å²) in [5.41, 5.74) is 0.371. The minimum absolute atomic E-state index is 0.0819. The number of aromatic hydroxyl groups is 1. The molecule has 0 amide bonds. The number of rotatable bonds is 5. The van der Waals surface area contributed by atoms with Crippen LogP contribution < -0.4 is 5.56 Å². The number of hydrogen-bond acceptors (Lipinski definition) is 5. The van der Waals surface area contributed by atoms with Gasteiger partial charge in [-0.15, -0.1) is 0 Å². The number of halogens is 1. The van der Waals surface area contributed by atoms with E-state index >= 15 is 0 Å². The first kappa shape index (κ1) is 17.9. The number of piperazine rings is 1. The fraction of sp³-hybridized carbons (Fsp3) is 0.444.